The molecule has 0 spiro atoms. The first-order chi connectivity index (χ1) is 12.0. The molecule has 0 saturated heterocycles. The molecule has 0 aliphatic carbocycles. The highest BCUT2D eigenvalue weighted by Gasteiger charge is 2.07. The van der Waals surface area contributed by atoms with Crippen LogP contribution in [-0.2, 0) is 11.3 Å². The molecule has 0 atom stereocenters. The Hall–Kier alpha value is -2.20. The normalized spacial score (nSPS) is 10.4. The van der Waals surface area contributed by atoms with Gasteiger partial charge in [-0.15, -0.1) is 0 Å². The van der Waals surface area contributed by atoms with Crippen LogP contribution in [0.5, 0.6) is 0 Å². The summed E-state index contributed by atoms with van der Waals surface area (Å²) in [5.41, 5.74) is 4.22. The van der Waals surface area contributed by atoms with Crippen LogP contribution in [0.15, 0.2) is 42.5 Å². The van der Waals surface area contributed by atoms with Crippen molar-refractivity contribution in [1.82, 2.24) is 5.32 Å². The molecule has 0 bridgehead atoms. The molecule has 1 amide bonds. The number of hydrogen-bond acceptors (Lipinski definition) is 3. The molecule has 0 unspecified atom stereocenters. The lowest BCUT2D eigenvalue weighted by Crippen LogP contribution is -2.29. The second-order valence-corrected chi connectivity index (χ2v) is 6.30. The molecule has 4 nitrogen and oxygen atoms in total. The fourth-order valence-electron chi connectivity index (χ4n) is 2.71. The van der Waals surface area contributed by atoms with Gasteiger partial charge in [-0.3, -0.25) is 4.79 Å². The number of carbonyl (C=O) groups is 1. The Bertz CT molecular complexity index is 714. The molecule has 2 N–H and O–H groups in total. The van der Waals surface area contributed by atoms with Gasteiger partial charge in [0.2, 0.25) is 5.91 Å². The summed E-state index contributed by atoms with van der Waals surface area (Å²) < 4.78 is 0. The Morgan fingerprint density at radius 3 is 2.48 bits per heavy atom. The number of benzene rings is 2. The zero-order valence-corrected chi connectivity index (χ0v) is 15.9. The first kappa shape index (κ1) is 19.1. The van der Waals surface area contributed by atoms with Crippen LogP contribution in [-0.4, -0.2) is 25.5 Å². The van der Waals surface area contributed by atoms with Gasteiger partial charge in [-0.25, -0.2) is 0 Å². The molecule has 0 aliphatic heterocycles. The molecule has 0 radical (unpaired) electrons. The van der Waals surface area contributed by atoms with Gasteiger partial charge in [0.05, 0.1) is 6.54 Å². The zero-order valence-electron chi connectivity index (χ0n) is 15.1. The van der Waals surface area contributed by atoms with E-state index in [0.29, 0.717) is 11.6 Å². The van der Waals surface area contributed by atoms with E-state index in [9.17, 15) is 4.79 Å². The summed E-state index contributed by atoms with van der Waals surface area (Å²) in [5.74, 6) is -0.0628. The van der Waals surface area contributed by atoms with E-state index >= 15 is 0 Å². The number of nitrogens with zero attached hydrogens (tertiary/aromatic N) is 1. The summed E-state index contributed by atoms with van der Waals surface area (Å²) in [6.07, 6.45) is 0. The third kappa shape index (κ3) is 5.40. The average Bonchev–Trinajstić information content (AvgIpc) is 2.61. The molecule has 134 valence electrons. The van der Waals surface area contributed by atoms with Crippen molar-refractivity contribution in [2.75, 3.05) is 29.9 Å². The highest BCUT2D eigenvalue weighted by Crippen LogP contribution is 2.22. The number of nitrogens with one attached hydrogen (secondary N) is 2. The van der Waals surface area contributed by atoms with E-state index in [-0.39, 0.29) is 12.5 Å². The first-order valence-corrected chi connectivity index (χ1v) is 9.02. The van der Waals surface area contributed by atoms with Gasteiger partial charge in [-0.2, -0.15) is 0 Å². The summed E-state index contributed by atoms with van der Waals surface area (Å²) >= 11 is 6.09. The predicted octanol–water partition coefficient (Wildman–Crippen LogP) is 4.22. The first-order valence-electron chi connectivity index (χ1n) is 8.64. The largest absolute Gasteiger partial charge is 0.376 e. The van der Waals surface area contributed by atoms with Crippen molar-refractivity contribution >= 4 is 28.9 Å². The summed E-state index contributed by atoms with van der Waals surface area (Å²) in [7, 11) is 0. The highest BCUT2D eigenvalue weighted by atomic mass is 35.5. The van der Waals surface area contributed by atoms with E-state index in [0.717, 1.165) is 29.9 Å². The lowest BCUT2D eigenvalue weighted by molar-refractivity contribution is -0.119. The molecule has 5 heteroatoms. The Balaban J connectivity index is 1.88. The standard InChI is InChI=1S/C20H26ClN3O/c1-4-24(5-2)17-10-11-19(15(3)12-17)22-14-20(25)23-13-16-8-6-7-9-18(16)21/h6-12,22H,4-5,13-14H2,1-3H3,(H,23,25). The van der Waals surface area contributed by atoms with Crippen LogP contribution >= 0.6 is 11.6 Å². The molecule has 0 saturated carbocycles. The fourth-order valence-corrected chi connectivity index (χ4v) is 2.91. The molecule has 0 fully saturated rings. The van der Waals surface area contributed by atoms with Crippen LogP contribution in [0, 0.1) is 6.92 Å². The number of aryl methyl sites for hydroxylation is 1. The number of rotatable bonds is 8. The van der Waals surface area contributed by atoms with Crippen LogP contribution in [0.4, 0.5) is 11.4 Å². The highest BCUT2D eigenvalue weighted by molar-refractivity contribution is 6.31. The number of halogens is 1. The maximum atomic E-state index is 12.1. The summed E-state index contributed by atoms with van der Waals surface area (Å²) in [5, 5.41) is 6.75. The van der Waals surface area contributed by atoms with Crippen LogP contribution < -0.4 is 15.5 Å². The molecule has 0 heterocycles. The number of anilines is 2. The second-order valence-electron chi connectivity index (χ2n) is 5.89. The third-order valence-electron chi connectivity index (χ3n) is 4.21. The molecular weight excluding hydrogens is 334 g/mol. The van der Waals surface area contributed by atoms with Gasteiger partial charge in [-0.05, 0) is 56.2 Å². The Labute approximate surface area is 155 Å². The minimum Gasteiger partial charge on any atom is -0.376 e. The quantitative estimate of drug-likeness (QED) is 0.741. The van der Waals surface area contributed by atoms with E-state index in [4.69, 9.17) is 11.6 Å². The summed E-state index contributed by atoms with van der Waals surface area (Å²) in [4.78, 5) is 14.4. The zero-order chi connectivity index (χ0) is 18.2. The van der Waals surface area contributed by atoms with Crippen LogP contribution in [0.2, 0.25) is 5.02 Å². The third-order valence-corrected chi connectivity index (χ3v) is 4.58. The van der Waals surface area contributed by atoms with Crippen molar-refractivity contribution in [3.05, 3.63) is 58.6 Å². The minimum atomic E-state index is -0.0628. The Morgan fingerprint density at radius 1 is 1.12 bits per heavy atom. The van der Waals surface area contributed by atoms with Gasteiger partial charge in [-0.1, -0.05) is 29.8 Å². The van der Waals surface area contributed by atoms with Gasteiger partial charge in [0.15, 0.2) is 0 Å². The smallest absolute Gasteiger partial charge is 0.239 e. The van der Waals surface area contributed by atoms with Crippen molar-refractivity contribution in [2.45, 2.75) is 27.3 Å². The van der Waals surface area contributed by atoms with Crippen LogP contribution in [0.25, 0.3) is 0 Å². The number of amides is 1. The monoisotopic (exact) mass is 359 g/mol. The van der Waals surface area contributed by atoms with Crippen LogP contribution in [0.3, 0.4) is 0 Å². The van der Waals surface area contributed by atoms with Gasteiger partial charge >= 0.3 is 0 Å². The van der Waals surface area contributed by atoms with E-state index in [1.807, 2.05) is 30.3 Å². The van der Waals surface area contributed by atoms with E-state index < -0.39 is 0 Å². The molecule has 0 aromatic heterocycles. The van der Waals surface area contributed by atoms with Crippen molar-refractivity contribution in [3.8, 4) is 0 Å². The molecule has 0 aliphatic rings. The van der Waals surface area contributed by atoms with Gasteiger partial charge in [0.25, 0.3) is 0 Å². The lowest BCUT2D eigenvalue weighted by atomic mass is 10.1. The lowest BCUT2D eigenvalue weighted by Gasteiger charge is -2.22. The molecule has 2 aromatic carbocycles. The van der Waals surface area contributed by atoms with E-state index in [2.05, 4.69) is 48.4 Å². The number of hydrogen-bond donors (Lipinski definition) is 2. The van der Waals surface area contributed by atoms with Crippen molar-refractivity contribution in [1.29, 1.82) is 0 Å². The molecule has 25 heavy (non-hydrogen) atoms. The summed E-state index contributed by atoms with van der Waals surface area (Å²) in [6.45, 7) is 8.97. The van der Waals surface area contributed by atoms with Crippen molar-refractivity contribution < 1.29 is 4.79 Å². The average molecular weight is 360 g/mol. The maximum absolute atomic E-state index is 12.1. The SMILES string of the molecule is CCN(CC)c1ccc(NCC(=O)NCc2ccccc2Cl)c(C)c1. The topological polar surface area (TPSA) is 44.4 Å². The minimum absolute atomic E-state index is 0.0628. The van der Waals surface area contributed by atoms with Gasteiger partial charge < -0.3 is 15.5 Å². The Morgan fingerprint density at radius 2 is 1.84 bits per heavy atom. The maximum Gasteiger partial charge on any atom is 0.239 e. The Kier molecular flexibility index (Phi) is 7.14. The van der Waals surface area contributed by atoms with Gasteiger partial charge in [0, 0.05) is 36.0 Å². The van der Waals surface area contributed by atoms with E-state index in [1.54, 1.807) is 0 Å². The predicted molar refractivity (Wildman–Crippen MR) is 107 cm³/mol. The summed E-state index contributed by atoms with van der Waals surface area (Å²) in [6, 6.07) is 13.8. The fraction of sp³-hybridized carbons (Fsp3) is 0.350. The van der Waals surface area contributed by atoms with Crippen LogP contribution in [0.1, 0.15) is 25.0 Å². The van der Waals surface area contributed by atoms with Crippen molar-refractivity contribution in [3.63, 3.8) is 0 Å². The van der Waals surface area contributed by atoms with Crippen molar-refractivity contribution in [2.24, 2.45) is 0 Å². The number of carbonyl (C=O) groups excluding carboxylic acids is 1. The molecular formula is C20H26ClN3O. The molecule has 2 aromatic rings. The van der Waals surface area contributed by atoms with E-state index in [1.165, 1.54) is 5.69 Å². The molecule has 2 rings (SSSR count). The van der Waals surface area contributed by atoms with Gasteiger partial charge in [0.1, 0.15) is 0 Å². The second kappa shape index (κ2) is 9.33.